The fourth-order valence-electron chi connectivity index (χ4n) is 1.96. The largest absolute Gasteiger partial charge is 0.374 e. The molecule has 0 spiro atoms. The Balaban J connectivity index is 1.93. The summed E-state index contributed by atoms with van der Waals surface area (Å²) < 4.78 is 32.8. The van der Waals surface area contributed by atoms with E-state index in [1.807, 2.05) is 20.0 Å². The second kappa shape index (κ2) is 6.32. The van der Waals surface area contributed by atoms with Crippen molar-refractivity contribution in [2.75, 3.05) is 33.3 Å². The molecule has 1 aromatic rings. The Bertz CT molecular complexity index is 513. The van der Waals surface area contributed by atoms with Crippen molar-refractivity contribution in [2.45, 2.75) is 23.7 Å². The van der Waals surface area contributed by atoms with Crippen LogP contribution in [0.25, 0.3) is 0 Å². The molecule has 1 unspecified atom stereocenters. The number of ether oxygens (including phenoxy) is 1. The number of hydrogen-bond acceptors (Lipinski definition) is 5. The van der Waals surface area contributed by atoms with E-state index in [4.69, 9.17) is 4.74 Å². The predicted octanol–water partition coefficient (Wildman–Crippen LogP) is 0.919. The van der Waals surface area contributed by atoms with E-state index in [1.165, 1.54) is 11.3 Å². The van der Waals surface area contributed by atoms with Gasteiger partial charge >= 0.3 is 0 Å². The summed E-state index contributed by atoms with van der Waals surface area (Å²) in [5.41, 5.74) is 0. The highest BCUT2D eigenvalue weighted by Gasteiger charge is 2.22. The Kier molecular flexibility index (Phi) is 4.97. The lowest BCUT2D eigenvalue weighted by Gasteiger charge is -2.29. The van der Waals surface area contributed by atoms with Gasteiger partial charge in [0.15, 0.2) is 0 Å². The van der Waals surface area contributed by atoms with Crippen molar-refractivity contribution in [1.82, 2.24) is 9.62 Å². The van der Waals surface area contributed by atoms with Crippen LogP contribution in [0.15, 0.2) is 16.3 Å². The summed E-state index contributed by atoms with van der Waals surface area (Å²) >= 11 is 1.33. The molecule has 1 aliphatic rings. The lowest BCUT2D eigenvalue weighted by molar-refractivity contribution is -0.0156. The third-order valence-electron chi connectivity index (χ3n) is 3.09. The normalized spacial score (nSPS) is 21.7. The first-order valence-corrected chi connectivity index (χ1v) is 8.69. The lowest BCUT2D eigenvalue weighted by Crippen LogP contribution is -2.45. The van der Waals surface area contributed by atoms with Crippen molar-refractivity contribution in [3.05, 3.63) is 17.0 Å². The Labute approximate surface area is 118 Å². The third kappa shape index (κ3) is 4.00. The van der Waals surface area contributed by atoms with Crippen LogP contribution < -0.4 is 4.72 Å². The molecule has 7 heteroatoms. The highest BCUT2D eigenvalue weighted by Crippen LogP contribution is 2.21. The fourth-order valence-corrected chi connectivity index (χ4v) is 4.36. The van der Waals surface area contributed by atoms with Crippen LogP contribution in [0, 0.1) is 0 Å². The molecule has 0 saturated carbocycles. The van der Waals surface area contributed by atoms with E-state index in [0.29, 0.717) is 17.4 Å². The molecule has 1 fully saturated rings. The van der Waals surface area contributed by atoms with Crippen molar-refractivity contribution in [3.8, 4) is 0 Å². The number of thiophene rings is 1. The van der Waals surface area contributed by atoms with Crippen LogP contribution in [0.3, 0.4) is 0 Å². The van der Waals surface area contributed by atoms with Gasteiger partial charge in [0.2, 0.25) is 10.0 Å². The van der Waals surface area contributed by atoms with Crippen LogP contribution in [0.1, 0.15) is 11.8 Å². The van der Waals surface area contributed by atoms with Crippen LogP contribution in [-0.4, -0.2) is 52.7 Å². The average Bonchev–Trinajstić information content (AvgIpc) is 2.86. The molecule has 0 bridgehead atoms. The molecule has 0 radical (unpaired) electrons. The lowest BCUT2D eigenvalue weighted by atomic mass is 10.3. The van der Waals surface area contributed by atoms with E-state index in [9.17, 15) is 8.42 Å². The monoisotopic (exact) mass is 304 g/mol. The zero-order valence-corrected chi connectivity index (χ0v) is 12.9. The Morgan fingerprint density at radius 1 is 1.53 bits per heavy atom. The maximum atomic E-state index is 12.1. The van der Waals surface area contributed by atoms with Crippen LogP contribution in [0.2, 0.25) is 0 Å². The molecule has 108 valence electrons. The van der Waals surface area contributed by atoms with Gasteiger partial charge in [-0.25, -0.2) is 13.1 Å². The molecule has 1 saturated heterocycles. The highest BCUT2D eigenvalue weighted by molar-refractivity contribution is 7.91. The number of nitrogens with zero attached hydrogens (tertiary/aromatic N) is 1. The summed E-state index contributed by atoms with van der Waals surface area (Å²) in [6.07, 6.45) is 0.788. The number of rotatable bonds is 5. The zero-order chi connectivity index (χ0) is 13.9. The van der Waals surface area contributed by atoms with Gasteiger partial charge < -0.3 is 9.64 Å². The van der Waals surface area contributed by atoms with Crippen molar-refractivity contribution in [1.29, 1.82) is 0 Å². The highest BCUT2D eigenvalue weighted by atomic mass is 32.2. The number of hydrogen-bond donors (Lipinski definition) is 1. The molecule has 0 aliphatic carbocycles. The molecule has 5 nitrogen and oxygen atoms in total. The van der Waals surface area contributed by atoms with Crippen molar-refractivity contribution in [3.63, 3.8) is 0 Å². The van der Waals surface area contributed by atoms with Gasteiger partial charge in [0.25, 0.3) is 0 Å². The van der Waals surface area contributed by atoms with Gasteiger partial charge in [-0.2, -0.15) is 0 Å². The first-order chi connectivity index (χ1) is 9.01. The molecule has 1 atom stereocenters. The van der Waals surface area contributed by atoms with Gasteiger partial charge in [-0.3, -0.25) is 0 Å². The van der Waals surface area contributed by atoms with Gasteiger partial charge in [-0.15, -0.1) is 11.3 Å². The minimum absolute atomic E-state index is 0.0702. The minimum atomic E-state index is -3.40. The van der Waals surface area contributed by atoms with Gasteiger partial charge in [0, 0.05) is 24.5 Å². The number of sulfonamides is 1. The van der Waals surface area contributed by atoms with Gasteiger partial charge in [0.1, 0.15) is 4.21 Å². The number of aryl methyl sites for hydroxylation is 1. The molecule has 1 N–H and O–H groups in total. The molecule has 1 aliphatic heterocycles. The first-order valence-electron chi connectivity index (χ1n) is 6.40. The standard InChI is InChI=1S/C12H20N2O3S2/c1-3-11-4-5-12(18-11)19(15,16)13-8-10-9-14(2)6-7-17-10/h4-5,10,13H,3,6-9H2,1-2H3. The van der Waals surface area contributed by atoms with E-state index in [2.05, 4.69) is 9.62 Å². The minimum Gasteiger partial charge on any atom is -0.374 e. The Morgan fingerprint density at radius 3 is 2.95 bits per heavy atom. The summed E-state index contributed by atoms with van der Waals surface area (Å²) in [5.74, 6) is 0. The topological polar surface area (TPSA) is 58.6 Å². The van der Waals surface area contributed by atoms with Crippen molar-refractivity contribution < 1.29 is 13.2 Å². The van der Waals surface area contributed by atoms with Crippen molar-refractivity contribution in [2.24, 2.45) is 0 Å². The van der Waals surface area contributed by atoms with Crippen LogP contribution in [0.5, 0.6) is 0 Å². The number of morpholine rings is 1. The molecule has 0 aromatic carbocycles. The number of nitrogens with one attached hydrogen (secondary N) is 1. The summed E-state index contributed by atoms with van der Waals surface area (Å²) in [6.45, 7) is 4.65. The van der Waals surface area contributed by atoms with E-state index in [1.54, 1.807) is 6.07 Å². The van der Waals surface area contributed by atoms with E-state index in [0.717, 1.165) is 24.4 Å². The quantitative estimate of drug-likeness (QED) is 0.879. The predicted molar refractivity (Wildman–Crippen MR) is 76.1 cm³/mol. The van der Waals surface area contributed by atoms with Crippen LogP contribution in [0.4, 0.5) is 0 Å². The summed E-state index contributed by atoms with van der Waals surface area (Å²) in [4.78, 5) is 3.22. The molecule has 2 rings (SSSR count). The Hall–Kier alpha value is -0.470. The second-order valence-electron chi connectivity index (χ2n) is 4.68. The first kappa shape index (κ1) is 14.9. The van der Waals surface area contributed by atoms with E-state index in [-0.39, 0.29) is 6.10 Å². The molecule has 0 amide bonds. The molecule has 1 aromatic heterocycles. The van der Waals surface area contributed by atoms with E-state index < -0.39 is 10.0 Å². The van der Waals surface area contributed by atoms with Crippen LogP contribution in [-0.2, 0) is 21.2 Å². The maximum Gasteiger partial charge on any atom is 0.250 e. The zero-order valence-electron chi connectivity index (χ0n) is 11.3. The number of likely N-dealkylation sites (N-methyl/N-ethyl adjacent to an activating group) is 1. The Morgan fingerprint density at radius 2 is 2.32 bits per heavy atom. The SMILES string of the molecule is CCc1ccc(S(=O)(=O)NCC2CN(C)CCO2)s1. The van der Waals surface area contributed by atoms with Gasteiger partial charge in [-0.05, 0) is 25.6 Å². The summed E-state index contributed by atoms with van der Waals surface area (Å²) in [5, 5.41) is 0. The second-order valence-corrected chi connectivity index (χ2v) is 7.84. The molecular weight excluding hydrogens is 284 g/mol. The van der Waals surface area contributed by atoms with Crippen molar-refractivity contribution >= 4 is 21.4 Å². The summed E-state index contributed by atoms with van der Waals surface area (Å²) in [7, 11) is -1.39. The van der Waals surface area contributed by atoms with E-state index >= 15 is 0 Å². The van der Waals surface area contributed by atoms with Gasteiger partial charge in [-0.1, -0.05) is 6.92 Å². The van der Waals surface area contributed by atoms with Crippen LogP contribution >= 0.6 is 11.3 Å². The molecule has 2 heterocycles. The smallest absolute Gasteiger partial charge is 0.250 e. The molecule has 19 heavy (non-hydrogen) atoms. The fraction of sp³-hybridized carbons (Fsp3) is 0.667. The maximum absolute atomic E-state index is 12.1. The third-order valence-corrected chi connectivity index (χ3v) is 6.24. The average molecular weight is 304 g/mol. The van der Waals surface area contributed by atoms with Gasteiger partial charge in [0.05, 0.1) is 12.7 Å². The molecular formula is C12H20N2O3S2. The summed E-state index contributed by atoms with van der Waals surface area (Å²) in [6, 6.07) is 3.53.